The van der Waals surface area contributed by atoms with Gasteiger partial charge in [0.2, 0.25) is 0 Å². The van der Waals surface area contributed by atoms with Crippen molar-refractivity contribution in [2.24, 2.45) is 0 Å². The molecule has 130 valence electrons. The lowest BCUT2D eigenvalue weighted by atomic mass is 10.2. The van der Waals surface area contributed by atoms with Crippen molar-refractivity contribution in [3.05, 3.63) is 63.3 Å². The maximum atomic E-state index is 12.9. The minimum absolute atomic E-state index is 0.140. The molecule has 0 amide bonds. The topological polar surface area (TPSA) is 123 Å². The molecule has 0 aliphatic heterocycles. The molecule has 3 aromatic rings. The number of aliphatic hydroxyl groups excluding tert-OH is 1. The zero-order chi connectivity index (χ0) is 18.4. The first kappa shape index (κ1) is 17.2. The highest BCUT2D eigenvalue weighted by molar-refractivity contribution is 7.90. The smallest absolute Gasteiger partial charge is 0.289 e. The summed E-state index contributed by atoms with van der Waals surface area (Å²) >= 11 is 5.72. The van der Waals surface area contributed by atoms with Crippen molar-refractivity contribution < 1.29 is 23.6 Å². The first-order chi connectivity index (χ1) is 11.8. The summed E-state index contributed by atoms with van der Waals surface area (Å²) in [5, 5.41) is 30.3. The first-order valence-electron chi connectivity index (χ1n) is 6.89. The SMILES string of the molecule is O=[N+]([O-])c1cc(S(=O)(=O)n2cc(CO)c3ccc(O)cc32)ccc1Cl. The van der Waals surface area contributed by atoms with Crippen molar-refractivity contribution in [2.45, 2.75) is 11.5 Å². The Hall–Kier alpha value is -2.62. The summed E-state index contributed by atoms with van der Waals surface area (Å²) in [5.41, 5.74) is -0.0619. The van der Waals surface area contributed by atoms with Crippen molar-refractivity contribution in [1.82, 2.24) is 3.97 Å². The van der Waals surface area contributed by atoms with Gasteiger partial charge in [-0.3, -0.25) is 10.1 Å². The Morgan fingerprint density at radius 1 is 1.20 bits per heavy atom. The van der Waals surface area contributed by atoms with E-state index in [0.717, 1.165) is 22.2 Å². The predicted molar refractivity (Wildman–Crippen MR) is 90.2 cm³/mol. The molecule has 1 heterocycles. The summed E-state index contributed by atoms with van der Waals surface area (Å²) in [6.07, 6.45) is 1.21. The fourth-order valence-corrected chi connectivity index (χ4v) is 4.08. The van der Waals surface area contributed by atoms with E-state index in [0.29, 0.717) is 10.9 Å². The van der Waals surface area contributed by atoms with Crippen LogP contribution in [0.1, 0.15) is 5.56 Å². The van der Waals surface area contributed by atoms with Crippen LogP contribution in [0.4, 0.5) is 5.69 Å². The standard InChI is InChI=1S/C15H11ClN2O6S/c16-13-4-2-11(6-15(13)18(21)22)25(23,24)17-7-9(8-19)12-3-1-10(20)5-14(12)17/h1-7,19-20H,8H2. The summed E-state index contributed by atoms with van der Waals surface area (Å²) < 4.78 is 26.7. The Balaban J connectivity index is 2.29. The second-order valence-electron chi connectivity index (χ2n) is 5.19. The van der Waals surface area contributed by atoms with Crippen molar-refractivity contribution in [2.75, 3.05) is 0 Å². The number of nitro groups is 1. The average Bonchev–Trinajstić information content (AvgIpc) is 2.93. The summed E-state index contributed by atoms with van der Waals surface area (Å²) in [5.74, 6) is -0.159. The maximum absolute atomic E-state index is 12.9. The van der Waals surface area contributed by atoms with E-state index in [1.165, 1.54) is 24.4 Å². The highest BCUT2D eigenvalue weighted by Gasteiger charge is 2.25. The van der Waals surface area contributed by atoms with Gasteiger partial charge >= 0.3 is 0 Å². The molecule has 2 N–H and O–H groups in total. The van der Waals surface area contributed by atoms with Crippen molar-refractivity contribution in [3.8, 4) is 5.75 Å². The average molecular weight is 383 g/mol. The number of phenols is 1. The molecule has 3 rings (SSSR count). The van der Waals surface area contributed by atoms with E-state index in [1.54, 1.807) is 0 Å². The molecule has 10 heteroatoms. The van der Waals surface area contributed by atoms with E-state index in [9.17, 15) is 28.7 Å². The normalized spacial score (nSPS) is 11.8. The van der Waals surface area contributed by atoms with Crippen LogP contribution >= 0.6 is 11.6 Å². The third-order valence-electron chi connectivity index (χ3n) is 3.68. The summed E-state index contributed by atoms with van der Waals surface area (Å²) in [6.45, 7) is -0.412. The largest absolute Gasteiger partial charge is 0.508 e. The maximum Gasteiger partial charge on any atom is 0.289 e. The zero-order valence-corrected chi connectivity index (χ0v) is 14.0. The van der Waals surface area contributed by atoms with Crippen LogP contribution in [0.2, 0.25) is 5.02 Å². The molecule has 0 spiro atoms. The van der Waals surface area contributed by atoms with Gasteiger partial charge in [0.25, 0.3) is 15.7 Å². The molecule has 0 saturated carbocycles. The van der Waals surface area contributed by atoms with Gasteiger partial charge in [0, 0.05) is 29.3 Å². The van der Waals surface area contributed by atoms with Crippen LogP contribution in [0.25, 0.3) is 10.9 Å². The van der Waals surface area contributed by atoms with Gasteiger partial charge in [0.1, 0.15) is 10.8 Å². The number of hydrogen-bond acceptors (Lipinski definition) is 6. The molecule has 25 heavy (non-hydrogen) atoms. The van der Waals surface area contributed by atoms with E-state index in [4.69, 9.17) is 11.6 Å². The number of phenolic OH excluding ortho intramolecular Hbond substituents is 1. The van der Waals surface area contributed by atoms with Crippen LogP contribution in [-0.4, -0.2) is 27.5 Å². The number of fused-ring (bicyclic) bond motifs is 1. The fourth-order valence-electron chi connectivity index (χ4n) is 2.49. The Kier molecular flexibility index (Phi) is 4.15. The van der Waals surface area contributed by atoms with Crippen LogP contribution in [0, 0.1) is 10.1 Å². The quantitative estimate of drug-likeness (QED) is 0.528. The lowest BCUT2D eigenvalue weighted by Gasteiger charge is -2.08. The molecular formula is C15H11ClN2O6S. The lowest BCUT2D eigenvalue weighted by Crippen LogP contribution is -2.12. The zero-order valence-electron chi connectivity index (χ0n) is 12.5. The van der Waals surface area contributed by atoms with Crippen LogP contribution in [0.3, 0.4) is 0 Å². The van der Waals surface area contributed by atoms with Gasteiger partial charge in [0.05, 0.1) is 21.9 Å². The number of benzene rings is 2. The molecule has 8 nitrogen and oxygen atoms in total. The van der Waals surface area contributed by atoms with Crippen LogP contribution in [0.5, 0.6) is 5.75 Å². The monoisotopic (exact) mass is 382 g/mol. The van der Waals surface area contributed by atoms with E-state index in [1.807, 2.05) is 0 Å². The molecule has 0 fully saturated rings. The van der Waals surface area contributed by atoms with Gasteiger partial charge in [0.15, 0.2) is 0 Å². The molecule has 0 aliphatic rings. The van der Waals surface area contributed by atoms with Crippen molar-refractivity contribution in [3.63, 3.8) is 0 Å². The van der Waals surface area contributed by atoms with E-state index in [-0.39, 0.29) is 21.2 Å². The van der Waals surface area contributed by atoms with Crippen molar-refractivity contribution >= 4 is 38.2 Å². The molecule has 2 aromatic carbocycles. The van der Waals surface area contributed by atoms with Crippen LogP contribution < -0.4 is 0 Å². The highest BCUT2D eigenvalue weighted by atomic mass is 35.5. The Bertz CT molecular complexity index is 1110. The molecule has 1 aromatic heterocycles. The van der Waals surface area contributed by atoms with E-state index < -0.39 is 27.2 Å². The molecule has 0 bridgehead atoms. The third kappa shape index (κ3) is 2.82. The van der Waals surface area contributed by atoms with Gasteiger partial charge in [-0.1, -0.05) is 11.6 Å². The van der Waals surface area contributed by atoms with Gasteiger partial charge < -0.3 is 10.2 Å². The molecule has 0 aliphatic carbocycles. The fraction of sp³-hybridized carbons (Fsp3) is 0.0667. The van der Waals surface area contributed by atoms with Gasteiger partial charge in [-0.2, -0.15) is 0 Å². The van der Waals surface area contributed by atoms with E-state index >= 15 is 0 Å². The molecule has 0 unspecified atom stereocenters. The molecule has 0 atom stereocenters. The number of halogens is 1. The first-order valence-corrected chi connectivity index (χ1v) is 8.71. The Morgan fingerprint density at radius 3 is 2.56 bits per heavy atom. The molecule has 0 saturated heterocycles. The second-order valence-corrected chi connectivity index (χ2v) is 7.41. The summed E-state index contributed by atoms with van der Waals surface area (Å²) in [7, 11) is -4.21. The number of hydrogen-bond donors (Lipinski definition) is 2. The minimum Gasteiger partial charge on any atom is -0.508 e. The number of aromatic hydroxyl groups is 1. The van der Waals surface area contributed by atoms with Crippen LogP contribution in [-0.2, 0) is 16.6 Å². The van der Waals surface area contributed by atoms with Gasteiger partial charge in [-0.25, -0.2) is 12.4 Å². The Labute approximate surface area is 146 Å². The van der Waals surface area contributed by atoms with Gasteiger partial charge in [-0.05, 0) is 24.3 Å². The molecular weight excluding hydrogens is 372 g/mol. The Morgan fingerprint density at radius 2 is 1.92 bits per heavy atom. The van der Waals surface area contributed by atoms with Gasteiger partial charge in [-0.15, -0.1) is 0 Å². The number of nitrogens with zero attached hydrogens (tertiary/aromatic N) is 2. The summed E-state index contributed by atoms with van der Waals surface area (Å²) in [6, 6.07) is 7.22. The van der Waals surface area contributed by atoms with Crippen molar-refractivity contribution in [1.29, 1.82) is 0 Å². The number of aliphatic hydroxyl groups is 1. The number of aromatic nitrogens is 1. The highest BCUT2D eigenvalue weighted by Crippen LogP contribution is 2.32. The predicted octanol–water partition coefficient (Wildman–Crippen LogP) is 2.64. The lowest BCUT2D eigenvalue weighted by molar-refractivity contribution is -0.384. The third-order valence-corrected chi connectivity index (χ3v) is 5.67. The number of rotatable bonds is 4. The molecule has 0 radical (unpaired) electrons. The second kappa shape index (κ2) is 6.03. The number of nitro benzene ring substituents is 1. The summed E-state index contributed by atoms with van der Waals surface area (Å²) in [4.78, 5) is 9.88. The van der Waals surface area contributed by atoms with Crippen LogP contribution in [0.15, 0.2) is 47.5 Å². The minimum atomic E-state index is -4.21. The van der Waals surface area contributed by atoms with E-state index in [2.05, 4.69) is 0 Å².